The van der Waals surface area contributed by atoms with Crippen LogP contribution in [0.15, 0.2) is 0 Å². The summed E-state index contributed by atoms with van der Waals surface area (Å²) in [4.78, 5) is 30.6. The molecule has 0 aliphatic heterocycles. The molecule has 1 atom stereocenters. The topological polar surface area (TPSA) is 78.4 Å². The Hall–Kier alpha value is -0.0631. The highest BCUT2D eigenvalue weighted by molar-refractivity contribution is 6.42. The monoisotopic (exact) mass is 427 g/mol. The molecule has 28 heavy (non-hydrogen) atoms. The average Bonchev–Trinajstić information content (AvgIpc) is 2.31. The highest BCUT2D eigenvalue weighted by atomic mass is 28.4. The second kappa shape index (κ2) is 16.7. The Bertz CT molecular complexity index is 284. The largest absolute Gasteiger partial charge is 0.861 e. The molecule has 176 valence electrons. The molecular formula is C20H53N3O4Si. The number of hydrogen-bond donors (Lipinski definition) is 0. The van der Waals surface area contributed by atoms with E-state index in [1.54, 1.807) is 0 Å². The van der Waals surface area contributed by atoms with Gasteiger partial charge in [-0.1, -0.05) is 33.1 Å². The molecule has 7 nitrogen and oxygen atoms in total. The first-order chi connectivity index (χ1) is 12.0. The van der Waals surface area contributed by atoms with Crippen LogP contribution in [0.3, 0.4) is 0 Å². The zero-order valence-corrected chi connectivity index (χ0v) is 22.6. The summed E-state index contributed by atoms with van der Waals surface area (Å²) in [5, 5.41) is 0. The Labute approximate surface area is 178 Å². The SMILES string of the molecule is CCCCC(CC)CO[Si]([O-])([O-])[O-].C[N+](C)(C)C.C[N+](C)(C)C.C[N+](C)(C)C. The van der Waals surface area contributed by atoms with Crippen LogP contribution in [0.4, 0.5) is 0 Å². The Morgan fingerprint density at radius 1 is 0.679 bits per heavy atom. The lowest BCUT2D eigenvalue weighted by Crippen LogP contribution is -2.75. The van der Waals surface area contributed by atoms with E-state index in [4.69, 9.17) is 0 Å². The first-order valence-corrected chi connectivity index (χ1v) is 11.7. The quantitative estimate of drug-likeness (QED) is 0.413. The fraction of sp³-hybridized carbons (Fsp3) is 1.00. The van der Waals surface area contributed by atoms with Gasteiger partial charge in [0, 0.05) is 6.61 Å². The Kier molecular flexibility index (Phi) is 21.1. The smallest absolute Gasteiger partial charge is 0.0675 e. The highest BCUT2D eigenvalue weighted by Gasteiger charge is 2.04. The van der Waals surface area contributed by atoms with Crippen LogP contribution < -0.4 is 14.4 Å². The van der Waals surface area contributed by atoms with E-state index in [0.29, 0.717) is 0 Å². The third kappa shape index (κ3) is 113. The van der Waals surface area contributed by atoms with E-state index in [9.17, 15) is 14.4 Å². The van der Waals surface area contributed by atoms with Crippen molar-refractivity contribution in [1.29, 1.82) is 0 Å². The van der Waals surface area contributed by atoms with E-state index in [0.717, 1.165) is 39.1 Å². The van der Waals surface area contributed by atoms with E-state index in [2.05, 4.69) is 95.9 Å². The van der Waals surface area contributed by atoms with Crippen LogP contribution >= 0.6 is 0 Å². The fourth-order valence-corrected chi connectivity index (χ4v) is 1.56. The number of nitrogens with zero attached hydrogens (tertiary/aromatic N) is 3. The van der Waals surface area contributed by atoms with Crippen molar-refractivity contribution in [1.82, 2.24) is 0 Å². The Balaban J connectivity index is -0.000000159. The summed E-state index contributed by atoms with van der Waals surface area (Å²) < 4.78 is 7.25. The minimum Gasteiger partial charge on any atom is -0.861 e. The molecule has 0 N–H and O–H groups in total. The van der Waals surface area contributed by atoms with E-state index >= 15 is 0 Å². The van der Waals surface area contributed by atoms with Crippen LogP contribution in [-0.2, 0) is 4.43 Å². The standard InChI is InChI=1S/C8H17O4Si.3C4H12N/c1-3-5-6-8(4-2)7-12-13(9,10)11;3*1-5(2,3)4/h8H,3-7H2,1-2H3;3*1-4H3/q-3;3*+1. The molecule has 1 unspecified atom stereocenters. The lowest BCUT2D eigenvalue weighted by molar-refractivity contribution is -0.849. The van der Waals surface area contributed by atoms with Gasteiger partial charge in [-0.3, -0.25) is 0 Å². The molecule has 0 aromatic rings. The van der Waals surface area contributed by atoms with Crippen molar-refractivity contribution in [3.05, 3.63) is 0 Å². The van der Waals surface area contributed by atoms with Gasteiger partial charge in [-0.25, -0.2) is 0 Å². The minimum absolute atomic E-state index is 0.0548. The van der Waals surface area contributed by atoms with Gasteiger partial charge in [0.1, 0.15) is 0 Å². The van der Waals surface area contributed by atoms with Crippen LogP contribution in [0.1, 0.15) is 39.5 Å². The lowest BCUT2D eigenvalue weighted by atomic mass is 10.0. The molecule has 0 rings (SSSR count). The molecule has 0 aliphatic carbocycles. The van der Waals surface area contributed by atoms with Crippen molar-refractivity contribution < 1.29 is 32.3 Å². The Morgan fingerprint density at radius 2 is 0.964 bits per heavy atom. The highest BCUT2D eigenvalue weighted by Crippen LogP contribution is 2.12. The fourth-order valence-electron chi connectivity index (χ4n) is 1.12. The first-order valence-electron chi connectivity index (χ1n) is 10.1. The zero-order chi connectivity index (χ0) is 23.8. The van der Waals surface area contributed by atoms with Crippen molar-refractivity contribution in [3.63, 3.8) is 0 Å². The van der Waals surface area contributed by atoms with Gasteiger partial charge in [0.25, 0.3) is 0 Å². The predicted molar refractivity (Wildman–Crippen MR) is 117 cm³/mol. The Morgan fingerprint density at radius 3 is 1.14 bits per heavy atom. The van der Waals surface area contributed by atoms with Gasteiger partial charge in [-0.05, 0) is 12.3 Å². The normalized spacial score (nSPS) is 13.2. The maximum absolute atomic E-state index is 10.2. The number of quaternary nitrogens is 3. The molecule has 0 aliphatic rings. The summed E-state index contributed by atoms with van der Waals surface area (Å²) in [6, 6.07) is 0. The maximum atomic E-state index is 10.2. The summed E-state index contributed by atoms with van der Waals surface area (Å²) in [7, 11) is 20.5. The van der Waals surface area contributed by atoms with E-state index < -0.39 is 9.05 Å². The molecular weight excluding hydrogens is 374 g/mol. The van der Waals surface area contributed by atoms with Crippen molar-refractivity contribution in [2.75, 3.05) is 91.2 Å². The first kappa shape index (κ1) is 35.4. The number of unbranched alkanes of at least 4 members (excludes halogenated alkanes) is 1. The molecule has 0 saturated carbocycles. The third-order valence-electron chi connectivity index (χ3n) is 2.04. The van der Waals surface area contributed by atoms with Gasteiger partial charge >= 0.3 is 0 Å². The summed E-state index contributed by atoms with van der Waals surface area (Å²) in [6.07, 6.45) is 3.90. The molecule has 0 radical (unpaired) electrons. The molecule has 0 spiro atoms. The number of hydrogen-bond acceptors (Lipinski definition) is 4. The van der Waals surface area contributed by atoms with Crippen LogP contribution in [0.25, 0.3) is 0 Å². The van der Waals surface area contributed by atoms with Crippen molar-refractivity contribution in [3.8, 4) is 0 Å². The molecule has 0 bridgehead atoms. The predicted octanol–water partition coefficient (Wildman–Crippen LogP) is -0.297. The van der Waals surface area contributed by atoms with Gasteiger partial charge in [0.05, 0.1) is 84.6 Å². The summed E-state index contributed by atoms with van der Waals surface area (Å²) >= 11 is 0. The lowest BCUT2D eigenvalue weighted by Gasteiger charge is -2.54. The maximum Gasteiger partial charge on any atom is 0.0675 e. The van der Waals surface area contributed by atoms with Crippen molar-refractivity contribution >= 4 is 9.05 Å². The summed E-state index contributed by atoms with van der Waals surface area (Å²) in [6.45, 7) is 4.09. The van der Waals surface area contributed by atoms with E-state index in [-0.39, 0.29) is 12.5 Å². The van der Waals surface area contributed by atoms with E-state index in [1.165, 1.54) is 0 Å². The molecule has 0 heterocycles. The molecule has 0 aromatic heterocycles. The number of rotatable bonds is 7. The van der Waals surface area contributed by atoms with Crippen LogP contribution in [0.5, 0.6) is 0 Å². The van der Waals surface area contributed by atoms with Crippen LogP contribution in [0.2, 0.25) is 0 Å². The molecule has 8 heteroatoms. The van der Waals surface area contributed by atoms with Gasteiger partial charge in [-0.2, -0.15) is 0 Å². The van der Waals surface area contributed by atoms with Crippen molar-refractivity contribution in [2.24, 2.45) is 5.92 Å². The van der Waals surface area contributed by atoms with Gasteiger partial charge in [-0.15, -0.1) is 9.05 Å². The molecule has 0 fully saturated rings. The minimum atomic E-state index is -5.03. The molecule has 0 amide bonds. The average molecular weight is 428 g/mol. The second-order valence-electron chi connectivity index (χ2n) is 11.3. The second-order valence-corrected chi connectivity index (χ2v) is 12.6. The summed E-state index contributed by atoms with van der Waals surface area (Å²) in [5.74, 6) is 0.198. The van der Waals surface area contributed by atoms with Gasteiger partial charge in [0.15, 0.2) is 0 Å². The zero-order valence-electron chi connectivity index (χ0n) is 21.6. The van der Waals surface area contributed by atoms with Crippen LogP contribution in [0, 0.1) is 5.92 Å². The van der Waals surface area contributed by atoms with Gasteiger partial charge < -0.3 is 32.3 Å². The molecule has 0 saturated heterocycles. The van der Waals surface area contributed by atoms with Gasteiger partial charge in [0.2, 0.25) is 0 Å². The van der Waals surface area contributed by atoms with E-state index in [1.807, 2.05) is 6.92 Å². The van der Waals surface area contributed by atoms with Crippen LogP contribution in [-0.4, -0.2) is 114 Å². The molecule has 0 aromatic carbocycles. The van der Waals surface area contributed by atoms with Crippen molar-refractivity contribution in [2.45, 2.75) is 39.5 Å². The summed E-state index contributed by atoms with van der Waals surface area (Å²) in [5.41, 5.74) is 0. The third-order valence-corrected chi connectivity index (χ3v) is 2.56.